The molecule has 0 fully saturated rings. The maximum absolute atomic E-state index is 11.1. The number of rotatable bonds is 5. The van der Waals surface area contributed by atoms with Crippen LogP contribution in [0, 0.1) is 0 Å². The first-order chi connectivity index (χ1) is 11.6. The predicted octanol–water partition coefficient (Wildman–Crippen LogP) is 4.84. The van der Waals surface area contributed by atoms with Crippen molar-refractivity contribution in [2.45, 2.75) is 38.8 Å². The second kappa shape index (κ2) is 7.20. The van der Waals surface area contributed by atoms with Crippen molar-refractivity contribution in [1.82, 2.24) is 5.32 Å². The fourth-order valence-corrected chi connectivity index (χ4v) is 3.44. The smallest absolute Gasteiger partial charge is 0.101 e. The Balaban J connectivity index is 2.16. The molecular formula is C21H26N2O. The number of unbranched alkanes of at least 4 members (excludes halogenated alkanes) is 1. The van der Waals surface area contributed by atoms with Crippen LogP contribution in [0.3, 0.4) is 0 Å². The molecule has 0 aliphatic carbocycles. The van der Waals surface area contributed by atoms with E-state index in [2.05, 4.69) is 41.9 Å². The van der Waals surface area contributed by atoms with E-state index in [1.54, 1.807) is 0 Å². The molecule has 126 valence electrons. The van der Waals surface area contributed by atoms with Crippen molar-refractivity contribution in [2.24, 2.45) is 0 Å². The minimum Gasteiger partial charge on any atom is -0.386 e. The summed E-state index contributed by atoms with van der Waals surface area (Å²) in [6.45, 7) is 9.24. The molecule has 3 heteroatoms. The highest BCUT2D eigenvalue weighted by atomic mass is 16.3. The highest BCUT2D eigenvalue weighted by Crippen LogP contribution is 2.46. The number of hydrogen-bond acceptors (Lipinski definition) is 3. The van der Waals surface area contributed by atoms with Gasteiger partial charge in [0.1, 0.15) is 6.10 Å². The second-order valence-electron chi connectivity index (χ2n) is 6.42. The van der Waals surface area contributed by atoms with E-state index in [-0.39, 0.29) is 6.04 Å². The first kappa shape index (κ1) is 16.7. The molecule has 2 atom stereocenters. The fraction of sp³-hybridized carbons (Fsp3) is 0.333. The number of benzene rings is 2. The van der Waals surface area contributed by atoms with Crippen LogP contribution >= 0.6 is 0 Å². The van der Waals surface area contributed by atoms with E-state index in [9.17, 15) is 5.11 Å². The zero-order valence-electron chi connectivity index (χ0n) is 14.5. The normalized spacial score (nSPS) is 19.4. The van der Waals surface area contributed by atoms with Crippen molar-refractivity contribution >= 4 is 11.4 Å². The molecule has 0 saturated heterocycles. The van der Waals surface area contributed by atoms with Crippen molar-refractivity contribution in [3.05, 3.63) is 71.9 Å². The van der Waals surface area contributed by atoms with Gasteiger partial charge in [-0.2, -0.15) is 0 Å². The molecule has 0 bridgehead atoms. The Hall–Kier alpha value is -2.10. The van der Waals surface area contributed by atoms with Crippen LogP contribution in [0.5, 0.6) is 0 Å². The van der Waals surface area contributed by atoms with Crippen LogP contribution in [-0.4, -0.2) is 11.7 Å². The van der Waals surface area contributed by atoms with Gasteiger partial charge in [0.25, 0.3) is 0 Å². The fourth-order valence-electron chi connectivity index (χ4n) is 3.44. The summed E-state index contributed by atoms with van der Waals surface area (Å²) in [6, 6.07) is 16.2. The van der Waals surface area contributed by atoms with Gasteiger partial charge in [-0.1, -0.05) is 56.3 Å². The SMILES string of the molecule is C=C(C)N1c2ccccc2C(O)C(NCCCC)c2ccccc21. The van der Waals surface area contributed by atoms with Gasteiger partial charge >= 0.3 is 0 Å². The Morgan fingerprint density at radius 2 is 1.67 bits per heavy atom. The molecule has 0 amide bonds. The molecule has 0 spiro atoms. The van der Waals surface area contributed by atoms with Gasteiger partial charge in [-0.25, -0.2) is 0 Å². The summed E-state index contributed by atoms with van der Waals surface area (Å²) in [5.41, 5.74) is 5.08. The van der Waals surface area contributed by atoms with Crippen LogP contribution in [0.1, 0.15) is 50.0 Å². The van der Waals surface area contributed by atoms with E-state index in [4.69, 9.17) is 0 Å². The lowest BCUT2D eigenvalue weighted by molar-refractivity contribution is 0.130. The standard InChI is InChI=1S/C21H26N2O/c1-4-5-14-22-20-16-10-6-8-12-18(16)23(15(2)3)19-13-9-7-11-17(19)21(20)24/h6-13,20-22,24H,2,4-5,14H2,1,3H3. The molecule has 0 radical (unpaired) electrons. The number of fused-ring (bicyclic) bond motifs is 2. The quantitative estimate of drug-likeness (QED) is 0.774. The highest BCUT2D eigenvalue weighted by Gasteiger charge is 2.33. The predicted molar refractivity (Wildman–Crippen MR) is 100 cm³/mol. The zero-order valence-corrected chi connectivity index (χ0v) is 14.5. The number of nitrogens with zero attached hydrogens (tertiary/aromatic N) is 1. The molecule has 1 aliphatic heterocycles. The maximum atomic E-state index is 11.1. The first-order valence-electron chi connectivity index (χ1n) is 8.70. The van der Waals surface area contributed by atoms with E-state index < -0.39 is 6.10 Å². The molecule has 3 rings (SSSR count). The third-order valence-electron chi connectivity index (χ3n) is 4.60. The van der Waals surface area contributed by atoms with E-state index >= 15 is 0 Å². The lowest BCUT2D eigenvalue weighted by atomic mass is 9.95. The molecule has 1 aliphatic rings. The van der Waals surface area contributed by atoms with Crippen LogP contribution in [0.4, 0.5) is 11.4 Å². The zero-order chi connectivity index (χ0) is 17.1. The highest BCUT2D eigenvalue weighted by molar-refractivity contribution is 5.75. The van der Waals surface area contributed by atoms with Crippen LogP contribution in [0.15, 0.2) is 60.8 Å². The van der Waals surface area contributed by atoms with Gasteiger partial charge in [0.2, 0.25) is 0 Å². The minimum atomic E-state index is -0.594. The van der Waals surface area contributed by atoms with Crippen LogP contribution in [0.25, 0.3) is 0 Å². The minimum absolute atomic E-state index is 0.127. The van der Waals surface area contributed by atoms with Crippen LogP contribution < -0.4 is 10.2 Å². The van der Waals surface area contributed by atoms with Crippen molar-refractivity contribution < 1.29 is 5.11 Å². The van der Waals surface area contributed by atoms with Gasteiger partial charge in [0.15, 0.2) is 0 Å². The molecule has 1 heterocycles. The number of hydrogen-bond donors (Lipinski definition) is 2. The van der Waals surface area contributed by atoms with Gasteiger partial charge < -0.3 is 15.3 Å². The molecule has 0 aromatic heterocycles. The molecule has 2 N–H and O–H groups in total. The molecule has 3 nitrogen and oxygen atoms in total. The van der Waals surface area contributed by atoms with Gasteiger partial charge in [0, 0.05) is 11.3 Å². The van der Waals surface area contributed by atoms with Gasteiger partial charge in [0.05, 0.1) is 17.4 Å². The van der Waals surface area contributed by atoms with E-state index in [1.165, 1.54) is 0 Å². The summed E-state index contributed by atoms with van der Waals surface area (Å²) < 4.78 is 0. The summed E-state index contributed by atoms with van der Waals surface area (Å²) in [6.07, 6.45) is 1.63. The Morgan fingerprint density at radius 1 is 1.08 bits per heavy atom. The maximum Gasteiger partial charge on any atom is 0.101 e. The van der Waals surface area contributed by atoms with E-state index in [0.29, 0.717) is 0 Å². The topological polar surface area (TPSA) is 35.5 Å². The van der Waals surface area contributed by atoms with Gasteiger partial charge in [-0.3, -0.25) is 0 Å². The molecule has 2 unspecified atom stereocenters. The Kier molecular flexibility index (Phi) is 5.03. The van der Waals surface area contributed by atoms with Gasteiger partial charge in [-0.15, -0.1) is 0 Å². The molecule has 2 aromatic rings. The van der Waals surface area contributed by atoms with Crippen molar-refractivity contribution in [2.75, 3.05) is 11.4 Å². The monoisotopic (exact) mass is 322 g/mol. The Morgan fingerprint density at radius 3 is 2.29 bits per heavy atom. The number of anilines is 2. The Bertz CT molecular complexity index is 725. The van der Waals surface area contributed by atoms with Crippen LogP contribution in [-0.2, 0) is 0 Å². The summed E-state index contributed by atoms with van der Waals surface area (Å²) >= 11 is 0. The largest absolute Gasteiger partial charge is 0.386 e. The third kappa shape index (κ3) is 2.97. The number of para-hydroxylation sites is 2. The molecule has 24 heavy (non-hydrogen) atoms. The van der Waals surface area contributed by atoms with Crippen LogP contribution in [0.2, 0.25) is 0 Å². The lowest BCUT2D eigenvalue weighted by Gasteiger charge is -2.27. The first-order valence-corrected chi connectivity index (χ1v) is 8.70. The Labute approximate surface area is 144 Å². The number of nitrogens with one attached hydrogen (secondary N) is 1. The third-order valence-corrected chi connectivity index (χ3v) is 4.60. The average molecular weight is 322 g/mol. The van der Waals surface area contributed by atoms with Crippen molar-refractivity contribution in [3.63, 3.8) is 0 Å². The molecular weight excluding hydrogens is 296 g/mol. The average Bonchev–Trinajstić information content (AvgIpc) is 2.69. The van der Waals surface area contributed by atoms with E-state index in [0.717, 1.165) is 47.6 Å². The summed E-state index contributed by atoms with van der Waals surface area (Å²) in [7, 11) is 0. The summed E-state index contributed by atoms with van der Waals surface area (Å²) in [4.78, 5) is 2.15. The van der Waals surface area contributed by atoms with Gasteiger partial charge in [-0.05, 0) is 37.6 Å². The summed E-state index contributed by atoms with van der Waals surface area (Å²) in [5, 5.41) is 14.7. The number of allylic oxidation sites excluding steroid dienone is 1. The number of aliphatic hydroxyl groups is 1. The van der Waals surface area contributed by atoms with Crippen molar-refractivity contribution in [3.8, 4) is 0 Å². The summed E-state index contributed by atoms with van der Waals surface area (Å²) in [5.74, 6) is 0. The molecule has 0 saturated carbocycles. The molecule has 2 aromatic carbocycles. The van der Waals surface area contributed by atoms with E-state index in [1.807, 2.05) is 37.3 Å². The lowest BCUT2D eigenvalue weighted by Crippen LogP contribution is -2.27. The second-order valence-corrected chi connectivity index (χ2v) is 6.42. The number of aliphatic hydroxyl groups excluding tert-OH is 1. The van der Waals surface area contributed by atoms with Crippen molar-refractivity contribution in [1.29, 1.82) is 0 Å².